The second-order valence-electron chi connectivity index (χ2n) is 8.54. The number of likely N-dealkylation sites (tertiary alicyclic amines) is 1. The molecule has 4 heteroatoms. The van der Waals surface area contributed by atoms with Crippen LogP contribution in [0.15, 0.2) is 54.6 Å². The number of rotatable bonds is 10. The number of carbonyl (C=O) groups is 1. The lowest BCUT2D eigenvalue weighted by atomic mass is 9.97. The van der Waals surface area contributed by atoms with E-state index in [1.807, 2.05) is 29.2 Å². The Bertz CT molecular complexity index is 793. The van der Waals surface area contributed by atoms with Crippen molar-refractivity contribution in [3.8, 4) is 5.75 Å². The molecule has 1 unspecified atom stereocenters. The summed E-state index contributed by atoms with van der Waals surface area (Å²) in [5, 5.41) is 0. The highest BCUT2D eigenvalue weighted by Crippen LogP contribution is 2.28. The number of amides is 1. The summed E-state index contributed by atoms with van der Waals surface area (Å²) in [6, 6.07) is 18.3. The van der Waals surface area contributed by atoms with E-state index >= 15 is 0 Å². The van der Waals surface area contributed by atoms with Crippen molar-refractivity contribution < 1.29 is 9.53 Å². The van der Waals surface area contributed by atoms with Gasteiger partial charge in [0.2, 0.25) is 0 Å². The van der Waals surface area contributed by atoms with Crippen LogP contribution in [0.25, 0.3) is 0 Å². The van der Waals surface area contributed by atoms with Crippen molar-refractivity contribution in [2.24, 2.45) is 11.8 Å². The van der Waals surface area contributed by atoms with Crippen LogP contribution < -0.4 is 4.74 Å². The smallest absolute Gasteiger partial charge is 0.257 e. The summed E-state index contributed by atoms with van der Waals surface area (Å²) in [6.45, 7) is 9.50. The third kappa shape index (κ3) is 5.85. The van der Waals surface area contributed by atoms with E-state index in [4.69, 9.17) is 4.74 Å². The largest absolute Gasteiger partial charge is 0.496 e. The van der Waals surface area contributed by atoms with E-state index in [-0.39, 0.29) is 5.91 Å². The van der Waals surface area contributed by atoms with Crippen molar-refractivity contribution in [3.05, 3.63) is 65.7 Å². The maximum atomic E-state index is 13.1. The van der Waals surface area contributed by atoms with Gasteiger partial charge in [-0.1, -0.05) is 56.3 Å². The number of nitrogens with zero attached hydrogens (tertiary/aromatic N) is 2. The van der Waals surface area contributed by atoms with Gasteiger partial charge in [-0.3, -0.25) is 4.79 Å². The van der Waals surface area contributed by atoms with Gasteiger partial charge < -0.3 is 14.5 Å². The van der Waals surface area contributed by atoms with Crippen molar-refractivity contribution in [3.63, 3.8) is 0 Å². The summed E-state index contributed by atoms with van der Waals surface area (Å²) >= 11 is 0. The first-order chi connectivity index (χ1) is 14.6. The molecule has 1 amide bonds. The normalized spacial score (nSPS) is 18.7. The number of carbonyl (C=O) groups excluding carboxylic acids is 1. The van der Waals surface area contributed by atoms with Gasteiger partial charge in [-0.05, 0) is 61.9 Å². The van der Waals surface area contributed by atoms with Gasteiger partial charge in [0.15, 0.2) is 0 Å². The highest BCUT2D eigenvalue weighted by Gasteiger charge is 2.34. The number of ether oxygens (including phenoxy) is 1. The Kier molecular flexibility index (Phi) is 8.32. The third-order valence-corrected chi connectivity index (χ3v) is 6.21. The summed E-state index contributed by atoms with van der Waals surface area (Å²) in [7, 11) is 1.62. The molecule has 0 bridgehead atoms. The lowest BCUT2D eigenvalue weighted by Crippen LogP contribution is -2.35. The van der Waals surface area contributed by atoms with E-state index in [9.17, 15) is 4.79 Å². The Hall–Kier alpha value is -2.33. The second kappa shape index (κ2) is 11.2. The molecule has 1 aliphatic rings. The van der Waals surface area contributed by atoms with E-state index in [0.29, 0.717) is 23.1 Å². The Labute approximate surface area is 181 Å². The van der Waals surface area contributed by atoms with Crippen LogP contribution in [-0.2, 0) is 6.42 Å². The van der Waals surface area contributed by atoms with Crippen molar-refractivity contribution in [1.29, 1.82) is 0 Å². The van der Waals surface area contributed by atoms with Crippen molar-refractivity contribution in [2.45, 2.75) is 33.1 Å². The molecule has 1 heterocycles. The molecule has 0 spiro atoms. The monoisotopic (exact) mass is 408 g/mol. The fraction of sp³-hybridized carbons (Fsp3) is 0.500. The quantitative estimate of drug-likeness (QED) is 0.569. The minimum absolute atomic E-state index is 0.0907. The summed E-state index contributed by atoms with van der Waals surface area (Å²) in [5.41, 5.74) is 2.08. The van der Waals surface area contributed by atoms with Crippen LogP contribution in [0, 0.1) is 11.8 Å². The van der Waals surface area contributed by atoms with Crippen molar-refractivity contribution in [2.75, 3.05) is 39.8 Å². The topological polar surface area (TPSA) is 32.8 Å². The van der Waals surface area contributed by atoms with Crippen LogP contribution in [0.4, 0.5) is 0 Å². The Morgan fingerprint density at radius 2 is 1.80 bits per heavy atom. The van der Waals surface area contributed by atoms with E-state index < -0.39 is 0 Å². The van der Waals surface area contributed by atoms with Crippen LogP contribution in [0.5, 0.6) is 5.75 Å². The third-order valence-electron chi connectivity index (χ3n) is 6.21. The van der Waals surface area contributed by atoms with Crippen LogP contribution in [0.3, 0.4) is 0 Å². The van der Waals surface area contributed by atoms with Gasteiger partial charge in [0.25, 0.3) is 5.91 Å². The molecular weight excluding hydrogens is 372 g/mol. The molecule has 2 aromatic carbocycles. The molecule has 1 aliphatic heterocycles. The van der Waals surface area contributed by atoms with Gasteiger partial charge in [-0.15, -0.1) is 0 Å². The molecule has 4 nitrogen and oxygen atoms in total. The maximum absolute atomic E-state index is 13.1. The lowest BCUT2D eigenvalue weighted by Gasteiger charge is -2.27. The zero-order valence-electron chi connectivity index (χ0n) is 18.7. The second-order valence-corrected chi connectivity index (χ2v) is 8.54. The first-order valence-corrected chi connectivity index (χ1v) is 11.3. The highest BCUT2D eigenvalue weighted by molar-refractivity contribution is 5.97. The Morgan fingerprint density at radius 3 is 2.53 bits per heavy atom. The van der Waals surface area contributed by atoms with Gasteiger partial charge in [0.1, 0.15) is 5.75 Å². The molecule has 1 saturated heterocycles. The maximum Gasteiger partial charge on any atom is 0.257 e. The van der Waals surface area contributed by atoms with Gasteiger partial charge in [0, 0.05) is 19.6 Å². The van der Waals surface area contributed by atoms with E-state index in [1.54, 1.807) is 7.11 Å². The average molecular weight is 409 g/mol. The predicted molar refractivity (Wildman–Crippen MR) is 123 cm³/mol. The van der Waals surface area contributed by atoms with Gasteiger partial charge in [-0.2, -0.15) is 0 Å². The highest BCUT2D eigenvalue weighted by atomic mass is 16.5. The van der Waals surface area contributed by atoms with E-state index in [2.05, 4.69) is 49.1 Å². The van der Waals surface area contributed by atoms with Gasteiger partial charge in [-0.25, -0.2) is 0 Å². The fourth-order valence-corrected chi connectivity index (χ4v) is 4.52. The molecule has 0 radical (unpaired) electrons. The van der Waals surface area contributed by atoms with Gasteiger partial charge in [0.05, 0.1) is 12.7 Å². The summed E-state index contributed by atoms with van der Waals surface area (Å²) in [5.74, 6) is 1.78. The molecule has 0 saturated carbocycles. The molecule has 2 atom stereocenters. The minimum atomic E-state index is 0.0907. The molecule has 0 N–H and O–H groups in total. The summed E-state index contributed by atoms with van der Waals surface area (Å²) in [6.07, 6.45) is 3.46. The van der Waals surface area contributed by atoms with Crippen molar-refractivity contribution >= 4 is 5.91 Å². The first-order valence-electron chi connectivity index (χ1n) is 11.3. The Balaban J connectivity index is 1.56. The standard InChI is InChI=1S/C26H36N2O2/c1-4-16-27(17-10-13-22-11-6-5-7-12-22)19-23-20-28(18-21(23)2)26(29)24-14-8-9-15-25(24)30-3/h5-9,11-12,14-15,21,23H,4,10,13,16-20H2,1-3H3/t21?,23-/m0/s1. The fourth-order valence-electron chi connectivity index (χ4n) is 4.52. The van der Waals surface area contributed by atoms with Crippen molar-refractivity contribution in [1.82, 2.24) is 9.80 Å². The van der Waals surface area contributed by atoms with Gasteiger partial charge >= 0.3 is 0 Å². The summed E-state index contributed by atoms with van der Waals surface area (Å²) < 4.78 is 5.40. The van der Waals surface area contributed by atoms with Crippen LogP contribution in [-0.4, -0.2) is 55.5 Å². The molecule has 3 rings (SSSR count). The number of para-hydroxylation sites is 1. The number of aryl methyl sites for hydroxylation is 1. The molecule has 0 aromatic heterocycles. The van der Waals surface area contributed by atoms with Crippen LogP contribution in [0.2, 0.25) is 0 Å². The molecule has 0 aliphatic carbocycles. The zero-order chi connectivity index (χ0) is 21.3. The average Bonchev–Trinajstić information content (AvgIpc) is 3.14. The van der Waals surface area contributed by atoms with E-state index in [0.717, 1.165) is 45.6 Å². The first kappa shape index (κ1) is 22.4. The number of benzene rings is 2. The molecule has 30 heavy (non-hydrogen) atoms. The van der Waals surface area contributed by atoms with E-state index in [1.165, 1.54) is 12.0 Å². The summed E-state index contributed by atoms with van der Waals surface area (Å²) in [4.78, 5) is 17.7. The number of hydrogen-bond acceptors (Lipinski definition) is 3. The lowest BCUT2D eigenvalue weighted by molar-refractivity contribution is 0.0778. The molecular formula is C26H36N2O2. The number of methoxy groups -OCH3 is 1. The molecule has 162 valence electrons. The molecule has 2 aromatic rings. The van der Waals surface area contributed by atoms with Crippen LogP contribution >= 0.6 is 0 Å². The minimum Gasteiger partial charge on any atom is -0.496 e. The number of hydrogen-bond donors (Lipinski definition) is 0. The molecule has 1 fully saturated rings. The zero-order valence-corrected chi connectivity index (χ0v) is 18.7. The Morgan fingerprint density at radius 1 is 1.07 bits per heavy atom. The SMILES string of the molecule is CCCN(CCCc1ccccc1)C[C@H]1CN(C(=O)c2ccccc2OC)CC1C. The van der Waals surface area contributed by atoms with Crippen LogP contribution in [0.1, 0.15) is 42.6 Å². The predicted octanol–water partition coefficient (Wildman–Crippen LogP) is 4.75.